The van der Waals surface area contributed by atoms with Crippen molar-refractivity contribution in [3.8, 4) is 16.9 Å². The largest absolute Gasteiger partial charge is 0.511 e. The van der Waals surface area contributed by atoms with Crippen LogP contribution in [0.15, 0.2) is 58.3 Å². The Kier molecular flexibility index (Phi) is 10.5. The van der Waals surface area contributed by atoms with Gasteiger partial charge < -0.3 is 14.2 Å². The third kappa shape index (κ3) is 7.99. The lowest BCUT2D eigenvalue weighted by molar-refractivity contribution is -0.179. The van der Waals surface area contributed by atoms with E-state index < -0.39 is 41.2 Å². The van der Waals surface area contributed by atoms with Crippen molar-refractivity contribution in [3.05, 3.63) is 95.0 Å². The summed E-state index contributed by atoms with van der Waals surface area (Å²) in [5.41, 5.74) is -0.0840. The number of carbonyl (C=O) groups excluding carboxylic acids is 2. The summed E-state index contributed by atoms with van der Waals surface area (Å²) in [5, 5.41) is 4.96. The minimum absolute atomic E-state index is 0.148. The molecule has 0 amide bonds. The van der Waals surface area contributed by atoms with Crippen molar-refractivity contribution in [2.75, 3.05) is 0 Å². The summed E-state index contributed by atoms with van der Waals surface area (Å²) in [6.45, 7) is 10.7. The van der Waals surface area contributed by atoms with E-state index in [1.54, 1.807) is 27.7 Å². The van der Waals surface area contributed by atoms with Crippen LogP contribution in [-0.4, -0.2) is 44.3 Å². The molecule has 11 nitrogen and oxygen atoms in total. The van der Waals surface area contributed by atoms with E-state index in [1.807, 2.05) is 44.2 Å². The molecule has 0 aliphatic rings. The lowest BCUT2D eigenvalue weighted by Crippen LogP contribution is -2.31. The summed E-state index contributed by atoms with van der Waals surface area (Å²) in [6.07, 6.45) is -1.64. The first-order valence-corrected chi connectivity index (χ1v) is 15.6. The van der Waals surface area contributed by atoms with Gasteiger partial charge in [0.1, 0.15) is 11.2 Å². The number of carbonyl (C=O) groups is 2. The quantitative estimate of drug-likeness (QED) is 0.151. The smallest absolute Gasteiger partial charge is 0.431 e. The third-order valence-corrected chi connectivity index (χ3v) is 8.50. The highest BCUT2D eigenvalue weighted by Gasteiger charge is 2.34. The van der Waals surface area contributed by atoms with Gasteiger partial charge in [-0.15, -0.1) is 11.3 Å². The van der Waals surface area contributed by atoms with E-state index in [0.29, 0.717) is 21.1 Å². The average molecular weight is 676 g/mol. The molecule has 4 aromatic rings. The predicted molar refractivity (Wildman–Crippen MR) is 171 cm³/mol. The van der Waals surface area contributed by atoms with E-state index in [1.165, 1.54) is 23.5 Å². The van der Waals surface area contributed by atoms with E-state index in [-0.39, 0.29) is 28.1 Å². The van der Waals surface area contributed by atoms with E-state index in [0.717, 1.165) is 16.4 Å². The summed E-state index contributed by atoms with van der Waals surface area (Å²) in [5.74, 6) is -0.942. The average Bonchev–Trinajstić information content (AvgIpc) is 3.36. The van der Waals surface area contributed by atoms with Gasteiger partial charge in [0.2, 0.25) is 0 Å². The Bertz CT molecular complexity index is 1790. The van der Waals surface area contributed by atoms with Crippen molar-refractivity contribution >= 4 is 46.7 Å². The SMILES string of the molecule is CC(C)OC(=O)OC(OC(=O)Cc1sc(C(C)(C)c2c(Cl)cc(-n3ncc(=O)[nH]c3=O)cc2Cl)nc1-c1ccccc1)C(C)C. The van der Waals surface area contributed by atoms with Crippen LogP contribution in [0, 0.1) is 5.92 Å². The molecule has 1 N–H and O–H groups in total. The standard InChI is InChI=1S/C31H32Cl2N4O7S/c1-16(2)27(44-30(41)42-17(3)4)43-24(39)14-22-26(18-10-8-7-9-11-18)36-28(45-22)31(5,6)25-20(32)12-19(13-21(25)33)37-29(40)35-23(38)15-34-37/h7-13,15-17,27H,14H2,1-6H3,(H,35,38,40). The second-order valence-electron chi connectivity index (χ2n) is 11.2. The van der Waals surface area contributed by atoms with Crippen molar-refractivity contribution in [1.82, 2.24) is 19.7 Å². The Balaban J connectivity index is 1.69. The molecular weight excluding hydrogens is 643 g/mol. The minimum Gasteiger partial charge on any atom is -0.431 e. The Morgan fingerprint density at radius 1 is 1.00 bits per heavy atom. The first-order valence-electron chi connectivity index (χ1n) is 14.0. The first kappa shape index (κ1) is 33.9. The fourth-order valence-corrected chi connectivity index (χ4v) is 6.52. The molecule has 0 saturated carbocycles. The zero-order valence-electron chi connectivity index (χ0n) is 25.4. The lowest BCUT2D eigenvalue weighted by atomic mass is 9.85. The Morgan fingerprint density at radius 3 is 2.22 bits per heavy atom. The Morgan fingerprint density at radius 2 is 1.64 bits per heavy atom. The number of H-pyrrole nitrogens is 1. The first-order chi connectivity index (χ1) is 21.2. The van der Waals surface area contributed by atoms with Gasteiger partial charge in [0.05, 0.1) is 23.9 Å². The van der Waals surface area contributed by atoms with Gasteiger partial charge in [0, 0.05) is 37.4 Å². The van der Waals surface area contributed by atoms with Crippen LogP contribution in [0.5, 0.6) is 0 Å². The molecule has 45 heavy (non-hydrogen) atoms. The topological polar surface area (TPSA) is 142 Å². The number of aromatic amines is 1. The van der Waals surface area contributed by atoms with Crippen LogP contribution in [0.3, 0.4) is 0 Å². The van der Waals surface area contributed by atoms with E-state index >= 15 is 0 Å². The van der Waals surface area contributed by atoms with Crippen molar-refractivity contribution < 1.29 is 23.8 Å². The second-order valence-corrected chi connectivity index (χ2v) is 13.1. The molecule has 0 spiro atoms. The molecule has 2 heterocycles. The Hall–Kier alpha value is -4.00. The number of benzene rings is 2. The monoisotopic (exact) mass is 674 g/mol. The third-order valence-electron chi connectivity index (χ3n) is 6.53. The molecule has 0 bridgehead atoms. The van der Waals surface area contributed by atoms with Crippen molar-refractivity contribution in [2.24, 2.45) is 5.92 Å². The zero-order valence-corrected chi connectivity index (χ0v) is 27.7. The number of halogens is 2. The number of rotatable bonds is 10. The number of esters is 1. The van der Waals surface area contributed by atoms with Crippen LogP contribution in [0.2, 0.25) is 10.0 Å². The number of nitrogens with one attached hydrogen (secondary N) is 1. The Labute approximate surface area is 273 Å². The van der Waals surface area contributed by atoms with Crippen molar-refractivity contribution in [3.63, 3.8) is 0 Å². The summed E-state index contributed by atoms with van der Waals surface area (Å²) in [7, 11) is 0. The predicted octanol–water partition coefficient (Wildman–Crippen LogP) is 6.31. The molecule has 4 rings (SSSR count). The van der Waals surface area contributed by atoms with Gasteiger partial charge in [0.15, 0.2) is 0 Å². The molecule has 1 atom stereocenters. The van der Waals surface area contributed by atoms with E-state index in [4.69, 9.17) is 42.4 Å². The molecule has 14 heteroatoms. The summed E-state index contributed by atoms with van der Waals surface area (Å²) < 4.78 is 16.8. The number of thiazole rings is 1. The number of nitrogens with zero attached hydrogens (tertiary/aromatic N) is 3. The van der Waals surface area contributed by atoms with Gasteiger partial charge in [0.25, 0.3) is 11.8 Å². The highest BCUT2D eigenvalue weighted by Crippen LogP contribution is 2.44. The number of hydrogen-bond acceptors (Lipinski definition) is 10. The number of ether oxygens (including phenoxy) is 3. The van der Waals surface area contributed by atoms with Gasteiger partial charge in [-0.3, -0.25) is 14.6 Å². The highest BCUT2D eigenvalue weighted by molar-refractivity contribution is 7.12. The highest BCUT2D eigenvalue weighted by atomic mass is 35.5. The molecular formula is C31H32Cl2N4O7S. The van der Waals surface area contributed by atoms with Crippen molar-refractivity contribution in [2.45, 2.75) is 65.8 Å². The molecule has 2 aromatic heterocycles. The maximum Gasteiger partial charge on any atom is 0.511 e. The van der Waals surface area contributed by atoms with Gasteiger partial charge >= 0.3 is 17.8 Å². The molecule has 0 aliphatic carbocycles. The molecule has 238 valence electrons. The molecule has 0 fully saturated rings. The van der Waals surface area contributed by atoms with E-state index in [2.05, 4.69) is 10.1 Å². The van der Waals surface area contributed by atoms with Crippen LogP contribution in [-0.2, 0) is 30.8 Å². The summed E-state index contributed by atoms with van der Waals surface area (Å²) in [4.78, 5) is 56.8. The van der Waals surface area contributed by atoms with Crippen molar-refractivity contribution in [1.29, 1.82) is 0 Å². The fourth-order valence-electron chi connectivity index (χ4n) is 4.40. The normalized spacial score (nSPS) is 12.3. The maximum atomic E-state index is 13.2. The zero-order chi connectivity index (χ0) is 33.1. The number of hydrogen-bond donors (Lipinski definition) is 1. The molecule has 0 radical (unpaired) electrons. The van der Waals surface area contributed by atoms with Gasteiger partial charge in [-0.25, -0.2) is 14.6 Å². The van der Waals surface area contributed by atoms with Gasteiger partial charge in [-0.2, -0.15) is 9.78 Å². The van der Waals surface area contributed by atoms with Crippen LogP contribution in [0.1, 0.15) is 57.0 Å². The maximum absolute atomic E-state index is 13.2. The second kappa shape index (κ2) is 14.0. The molecule has 1 unspecified atom stereocenters. The van der Waals surface area contributed by atoms with Crippen LogP contribution >= 0.6 is 34.5 Å². The lowest BCUT2D eigenvalue weighted by Gasteiger charge is -2.26. The van der Waals surface area contributed by atoms with Gasteiger partial charge in [-0.05, 0) is 39.8 Å². The fraction of sp³-hybridized carbons (Fsp3) is 0.355. The van der Waals surface area contributed by atoms with Crippen LogP contribution < -0.4 is 11.2 Å². The van der Waals surface area contributed by atoms with Crippen LogP contribution in [0.25, 0.3) is 16.9 Å². The summed E-state index contributed by atoms with van der Waals surface area (Å²) in [6, 6.07) is 12.4. The van der Waals surface area contributed by atoms with E-state index in [9.17, 15) is 19.2 Å². The number of aromatic nitrogens is 4. The van der Waals surface area contributed by atoms with Gasteiger partial charge in [-0.1, -0.05) is 67.4 Å². The molecule has 0 saturated heterocycles. The molecule has 2 aromatic carbocycles. The molecule has 0 aliphatic heterocycles. The minimum atomic E-state index is -1.15. The summed E-state index contributed by atoms with van der Waals surface area (Å²) >= 11 is 14.8. The van der Waals surface area contributed by atoms with Crippen LogP contribution in [0.4, 0.5) is 4.79 Å².